The van der Waals surface area contributed by atoms with Crippen LogP contribution < -0.4 is 15.5 Å². The number of alkyl halides is 3. The minimum absolute atomic E-state index is 0.00987. The highest BCUT2D eigenvalue weighted by atomic mass is 35.5. The lowest BCUT2D eigenvalue weighted by molar-refractivity contribution is -0.898. The zero-order valence-electron chi connectivity index (χ0n) is 32.4. The van der Waals surface area contributed by atoms with Gasteiger partial charge in [-0.3, -0.25) is 14.4 Å². The molecule has 3 fully saturated rings. The maximum absolute atomic E-state index is 14.2. The number of imidazole rings is 1. The van der Waals surface area contributed by atoms with Crippen LogP contribution in [0.5, 0.6) is 0 Å². The Labute approximate surface area is 341 Å². The van der Waals surface area contributed by atoms with Crippen LogP contribution in [0, 0.1) is 11.8 Å². The van der Waals surface area contributed by atoms with Gasteiger partial charge in [-0.15, -0.1) is 0 Å². The van der Waals surface area contributed by atoms with Gasteiger partial charge in [0.1, 0.15) is 0 Å². The van der Waals surface area contributed by atoms with Gasteiger partial charge in [-0.1, -0.05) is 18.5 Å². The Hall–Kier alpha value is -5.79. The molecule has 0 aliphatic carbocycles. The summed E-state index contributed by atoms with van der Waals surface area (Å²) >= 11 is 6.51. The summed E-state index contributed by atoms with van der Waals surface area (Å²) in [5, 5.41) is 18.7. The van der Waals surface area contributed by atoms with E-state index in [1.165, 1.54) is 55.2 Å². The number of pyridine rings is 1. The molecule has 1 aromatic carbocycles. The number of nitrogens with one attached hydrogen (secondary N) is 4. The van der Waals surface area contributed by atoms with Crippen molar-refractivity contribution in [2.75, 3.05) is 64.2 Å². The van der Waals surface area contributed by atoms with E-state index < -0.39 is 23.7 Å². The predicted molar refractivity (Wildman–Crippen MR) is 210 cm³/mol. The number of benzene rings is 1. The minimum Gasteiger partial charge on any atom is -0.477 e. The number of rotatable bonds is 8. The van der Waals surface area contributed by atoms with Crippen LogP contribution in [-0.4, -0.2) is 127 Å². The third kappa shape index (κ3) is 9.26. The number of nitrogens with zero attached hydrogens (tertiary/aromatic N) is 7. The van der Waals surface area contributed by atoms with Crippen LogP contribution in [0.3, 0.4) is 0 Å². The standard InChI is InChI=1S/C35H34ClF3N10O5.C4H9N/c1-45-27(23-18-49(44-30(23)35(37,38)39)28-5-4-25-26(43-28)6-9-40-25)17-41-31(45)32(52)42-21-2-3-22(24(36)16-21)34(54)48-14-12-47(13-15-48)33(53)20-7-10-46(11-8-20)19-29(50)51;1-4-2-5-3-4/h2-6,9,16-18,20,40H,7-8,10-15,19H2,1H3,(H,42,52)(H,50,51);4-5H,2-3H2,1H3/p+1. The molecule has 0 spiro atoms. The van der Waals surface area contributed by atoms with E-state index in [2.05, 4.69) is 37.6 Å². The molecule has 3 saturated heterocycles. The number of hydrogen-bond donors (Lipinski definition) is 5. The van der Waals surface area contributed by atoms with Crippen LogP contribution in [0.2, 0.25) is 5.02 Å². The molecule has 0 atom stereocenters. The van der Waals surface area contributed by atoms with Gasteiger partial charge in [0.15, 0.2) is 23.9 Å². The molecule has 20 heteroatoms. The Balaban J connectivity index is 0.000000983. The third-order valence-electron chi connectivity index (χ3n) is 10.8. The first kappa shape index (κ1) is 41.4. The predicted octanol–water partition coefficient (Wildman–Crippen LogP) is 2.96. The number of carboxylic acid groups (broad SMARTS) is 1. The fourth-order valence-electron chi connectivity index (χ4n) is 7.42. The van der Waals surface area contributed by atoms with Crippen molar-refractivity contribution in [2.24, 2.45) is 18.9 Å². The van der Waals surface area contributed by atoms with Crippen LogP contribution in [0.25, 0.3) is 28.1 Å². The number of likely N-dealkylation sites (tertiary alicyclic amines) is 1. The van der Waals surface area contributed by atoms with Gasteiger partial charge in [0.2, 0.25) is 5.91 Å². The third-order valence-corrected chi connectivity index (χ3v) is 11.2. The summed E-state index contributed by atoms with van der Waals surface area (Å²) in [6, 6.07) is 9.25. The number of aromatic nitrogens is 6. The average Bonchev–Trinajstić information content (AvgIpc) is 3.95. The number of piperidine rings is 1. The van der Waals surface area contributed by atoms with Crippen molar-refractivity contribution in [1.82, 2.24) is 44.4 Å². The molecule has 3 aliphatic rings. The topological polar surface area (TPSA) is 188 Å². The summed E-state index contributed by atoms with van der Waals surface area (Å²) in [7, 11) is 1.41. The summed E-state index contributed by atoms with van der Waals surface area (Å²) in [6.07, 6.45) is 0.424. The Morgan fingerprint density at radius 1 is 1.02 bits per heavy atom. The van der Waals surface area contributed by atoms with Gasteiger partial charge in [-0.2, -0.15) is 18.3 Å². The van der Waals surface area contributed by atoms with Crippen LogP contribution >= 0.6 is 11.6 Å². The number of carbonyl (C=O) groups is 4. The van der Waals surface area contributed by atoms with E-state index in [1.807, 2.05) is 0 Å². The number of hydrogen-bond acceptors (Lipinski definition) is 8. The van der Waals surface area contributed by atoms with Crippen molar-refractivity contribution in [3.63, 3.8) is 0 Å². The summed E-state index contributed by atoms with van der Waals surface area (Å²) in [4.78, 5) is 66.6. The van der Waals surface area contributed by atoms with Crippen LogP contribution in [0.15, 0.2) is 55.0 Å². The summed E-state index contributed by atoms with van der Waals surface area (Å²) in [6.45, 7) is 7.33. The van der Waals surface area contributed by atoms with Crippen molar-refractivity contribution in [3.05, 3.63) is 77.1 Å². The lowest BCUT2D eigenvalue weighted by atomic mass is 9.95. The molecule has 5 aromatic rings. The van der Waals surface area contributed by atoms with Crippen molar-refractivity contribution in [1.29, 1.82) is 0 Å². The minimum atomic E-state index is -4.82. The summed E-state index contributed by atoms with van der Waals surface area (Å²) in [5.74, 6) is -1.13. The molecule has 8 rings (SSSR count). The highest BCUT2D eigenvalue weighted by molar-refractivity contribution is 6.34. The second-order valence-corrected chi connectivity index (χ2v) is 15.5. The molecule has 3 amide bonds. The van der Waals surface area contributed by atoms with Crippen LogP contribution in [0.4, 0.5) is 18.9 Å². The number of fused-ring (bicyclic) bond motifs is 1. The first-order valence-electron chi connectivity index (χ1n) is 19.2. The Kier molecular flexibility index (Phi) is 12.1. The first-order chi connectivity index (χ1) is 28.2. The summed E-state index contributed by atoms with van der Waals surface area (Å²) in [5.41, 5.74) is 0.197. The number of amides is 3. The highest BCUT2D eigenvalue weighted by Gasteiger charge is 2.39. The SMILES string of the molecule is CC1CNC1.Cn1c(-c2cn(-c3ccc4[nH]ccc4n3)nc2C(F)(F)F)cnc1C(=O)Nc1ccc(C(=O)N2CCN(C(=O)C3CC[NH+](CC(=O)O)CC3)CC2)c(Cl)c1. The monoisotopic (exact) mass is 838 g/mol. The van der Waals surface area contributed by atoms with Crippen molar-refractivity contribution >= 4 is 52.0 Å². The van der Waals surface area contributed by atoms with Gasteiger partial charge in [-0.05, 0) is 55.4 Å². The molecule has 4 aromatic heterocycles. The number of H-pyrrole nitrogens is 1. The summed E-state index contributed by atoms with van der Waals surface area (Å²) < 4.78 is 44.8. The number of carboxylic acids is 1. The number of anilines is 1. The molecule has 0 radical (unpaired) electrons. The van der Waals surface area contributed by atoms with Gasteiger partial charge in [0.25, 0.3) is 11.8 Å². The van der Waals surface area contributed by atoms with Crippen LogP contribution in [0.1, 0.15) is 46.4 Å². The fourth-order valence-corrected chi connectivity index (χ4v) is 7.68. The molecule has 59 heavy (non-hydrogen) atoms. The highest BCUT2D eigenvalue weighted by Crippen LogP contribution is 2.37. The average molecular weight is 839 g/mol. The van der Waals surface area contributed by atoms with Crippen LogP contribution in [-0.2, 0) is 22.8 Å². The zero-order valence-corrected chi connectivity index (χ0v) is 33.1. The van der Waals surface area contributed by atoms with Crippen molar-refractivity contribution < 1.29 is 42.4 Å². The molecule has 3 aliphatic heterocycles. The molecule has 16 nitrogen and oxygen atoms in total. The van der Waals surface area contributed by atoms with E-state index >= 15 is 0 Å². The zero-order chi connectivity index (χ0) is 42.0. The number of carbonyl (C=O) groups excluding carboxylic acids is 3. The van der Waals surface area contributed by atoms with E-state index in [-0.39, 0.29) is 63.5 Å². The maximum atomic E-state index is 14.2. The van der Waals surface area contributed by atoms with E-state index in [1.54, 1.807) is 28.1 Å². The largest absolute Gasteiger partial charge is 0.477 e. The van der Waals surface area contributed by atoms with Crippen molar-refractivity contribution in [3.8, 4) is 17.1 Å². The molecule has 0 unspecified atom stereocenters. The molecular weight excluding hydrogens is 795 g/mol. The second-order valence-electron chi connectivity index (χ2n) is 15.1. The van der Waals surface area contributed by atoms with Gasteiger partial charge in [-0.25, -0.2) is 19.4 Å². The van der Waals surface area contributed by atoms with Gasteiger partial charge >= 0.3 is 12.1 Å². The van der Waals surface area contributed by atoms with E-state index in [4.69, 9.17) is 16.7 Å². The van der Waals surface area contributed by atoms with Gasteiger partial charge < -0.3 is 40.0 Å². The van der Waals surface area contributed by atoms with Crippen molar-refractivity contribution in [2.45, 2.75) is 25.9 Å². The number of halogens is 4. The first-order valence-corrected chi connectivity index (χ1v) is 19.6. The second kappa shape index (κ2) is 17.2. The normalized spacial score (nSPS) is 18.5. The van der Waals surface area contributed by atoms with E-state index in [9.17, 15) is 32.3 Å². The molecule has 0 bridgehead atoms. The number of piperazine rings is 1. The Bertz CT molecular complexity index is 2360. The maximum Gasteiger partial charge on any atom is 0.435 e. The van der Waals surface area contributed by atoms with Gasteiger partial charge in [0, 0.05) is 70.1 Å². The fraction of sp³-hybridized carbons (Fsp3) is 0.410. The molecule has 5 N–H and O–H groups in total. The smallest absolute Gasteiger partial charge is 0.435 e. The van der Waals surface area contributed by atoms with E-state index in [0.717, 1.165) is 21.7 Å². The molecule has 0 saturated carbocycles. The van der Waals surface area contributed by atoms with E-state index in [0.29, 0.717) is 63.1 Å². The molecule has 7 heterocycles. The number of quaternary nitrogens is 1. The lowest BCUT2D eigenvalue weighted by Gasteiger charge is -2.37. The quantitative estimate of drug-likeness (QED) is 0.157. The molecular formula is C39H44ClF3N11O5+. The van der Waals surface area contributed by atoms with Gasteiger partial charge in [0.05, 0.1) is 52.2 Å². The lowest BCUT2D eigenvalue weighted by Crippen LogP contribution is -3.14. The Morgan fingerprint density at radius 2 is 1.71 bits per heavy atom. The Morgan fingerprint density at radius 3 is 2.34 bits per heavy atom. The molecule has 312 valence electrons. The number of aliphatic carboxylic acids is 1. The number of aromatic amines is 1.